The summed E-state index contributed by atoms with van der Waals surface area (Å²) in [6, 6.07) is 0. The molecule has 0 amide bonds. The molecule has 0 aromatic heterocycles. The summed E-state index contributed by atoms with van der Waals surface area (Å²) in [7, 11) is -3.30. The fraction of sp³-hybridized carbons (Fsp3) is 1.00. The van der Waals surface area contributed by atoms with Gasteiger partial charge in [-0.3, -0.25) is 0 Å². The van der Waals surface area contributed by atoms with Gasteiger partial charge in [-0.05, 0) is 38.0 Å². The molecule has 1 aliphatic carbocycles. The van der Waals surface area contributed by atoms with Crippen LogP contribution in [0.2, 0.25) is 0 Å². The third-order valence-corrected chi connectivity index (χ3v) is 5.54. The van der Waals surface area contributed by atoms with Gasteiger partial charge in [-0.25, -0.2) is 4.72 Å². The van der Waals surface area contributed by atoms with Gasteiger partial charge in [0.05, 0.1) is 6.10 Å². The average molecular weight is 276 g/mol. The highest BCUT2D eigenvalue weighted by Crippen LogP contribution is 2.24. The molecular formula is C12H24N2O3S. The normalized spacial score (nSPS) is 31.4. The SMILES string of the molecule is O=S(=O)(NCC1CCCC(O)C1)N1CCCCC1. The van der Waals surface area contributed by atoms with Gasteiger partial charge in [-0.2, -0.15) is 12.7 Å². The minimum absolute atomic E-state index is 0.247. The van der Waals surface area contributed by atoms with Gasteiger partial charge in [-0.1, -0.05) is 12.8 Å². The zero-order valence-corrected chi connectivity index (χ0v) is 11.7. The van der Waals surface area contributed by atoms with Crippen LogP contribution in [0.25, 0.3) is 0 Å². The van der Waals surface area contributed by atoms with E-state index >= 15 is 0 Å². The molecule has 0 aromatic carbocycles. The first-order valence-corrected chi connectivity index (χ1v) is 8.45. The molecule has 1 saturated heterocycles. The van der Waals surface area contributed by atoms with Crippen molar-refractivity contribution in [2.24, 2.45) is 5.92 Å². The molecule has 2 fully saturated rings. The van der Waals surface area contributed by atoms with Crippen molar-refractivity contribution in [3.63, 3.8) is 0 Å². The van der Waals surface area contributed by atoms with E-state index in [4.69, 9.17) is 0 Å². The number of hydrogen-bond acceptors (Lipinski definition) is 3. The van der Waals surface area contributed by atoms with Gasteiger partial charge in [0.25, 0.3) is 10.2 Å². The molecule has 5 nitrogen and oxygen atoms in total. The predicted octanol–water partition coefficient (Wildman–Crippen LogP) is 0.858. The Bertz CT molecular complexity index is 352. The minimum Gasteiger partial charge on any atom is -0.393 e. The van der Waals surface area contributed by atoms with Crippen LogP contribution in [0.15, 0.2) is 0 Å². The lowest BCUT2D eigenvalue weighted by Crippen LogP contribution is -2.45. The summed E-state index contributed by atoms with van der Waals surface area (Å²) in [5.74, 6) is 0.285. The fourth-order valence-electron chi connectivity index (χ4n) is 2.87. The van der Waals surface area contributed by atoms with Crippen LogP contribution in [0, 0.1) is 5.92 Å². The highest BCUT2D eigenvalue weighted by atomic mass is 32.2. The zero-order valence-electron chi connectivity index (χ0n) is 10.8. The van der Waals surface area contributed by atoms with Gasteiger partial charge in [0, 0.05) is 19.6 Å². The van der Waals surface area contributed by atoms with Crippen LogP contribution in [0.5, 0.6) is 0 Å². The van der Waals surface area contributed by atoms with Crippen molar-refractivity contribution < 1.29 is 13.5 Å². The van der Waals surface area contributed by atoms with Gasteiger partial charge in [-0.15, -0.1) is 0 Å². The van der Waals surface area contributed by atoms with Gasteiger partial charge in [0.2, 0.25) is 0 Å². The van der Waals surface area contributed by atoms with E-state index in [1.54, 1.807) is 4.31 Å². The first-order valence-electron chi connectivity index (χ1n) is 7.01. The number of rotatable bonds is 4. The lowest BCUT2D eigenvalue weighted by atomic mass is 9.87. The van der Waals surface area contributed by atoms with Crippen LogP contribution >= 0.6 is 0 Å². The maximum Gasteiger partial charge on any atom is 0.279 e. The quantitative estimate of drug-likeness (QED) is 0.800. The van der Waals surface area contributed by atoms with Crippen molar-refractivity contribution >= 4 is 10.2 Å². The highest BCUT2D eigenvalue weighted by Gasteiger charge is 2.26. The second-order valence-electron chi connectivity index (χ2n) is 5.50. The van der Waals surface area contributed by atoms with E-state index in [-0.39, 0.29) is 12.0 Å². The van der Waals surface area contributed by atoms with E-state index in [9.17, 15) is 13.5 Å². The third-order valence-electron chi connectivity index (χ3n) is 3.96. The highest BCUT2D eigenvalue weighted by molar-refractivity contribution is 7.87. The standard InChI is InChI=1S/C12H24N2O3S/c15-12-6-4-5-11(9-12)10-13-18(16,17)14-7-2-1-3-8-14/h11-13,15H,1-10H2. The second-order valence-corrected chi connectivity index (χ2v) is 7.25. The summed E-state index contributed by atoms with van der Waals surface area (Å²) in [5, 5.41) is 9.57. The summed E-state index contributed by atoms with van der Waals surface area (Å²) in [6.07, 6.45) is 6.39. The molecule has 18 heavy (non-hydrogen) atoms. The van der Waals surface area contributed by atoms with E-state index < -0.39 is 10.2 Å². The number of nitrogens with one attached hydrogen (secondary N) is 1. The van der Waals surface area contributed by atoms with Crippen molar-refractivity contribution in [2.45, 2.75) is 51.0 Å². The summed E-state index contributed by atoms with van der Waals surface area (Å²) >= 11 is 0. The lowest BCUT2D eigenvalue weighted by molar-refractivity contribution is 0.102. The lowest BCUT2D eigenvalue weighted by Gasteiger charge is -2.29. The fourth-order valence-corrected chi connectivity index (χ4v) is 4.24. The molecule has 0 spiro atoms. The molecule has 2 unspecified atom stereocenters. The topological polar surface area (TPSA) is 69.6 Å². The van der Waals surface area contributed by atoms with Crippen LogP contribution in [0.4, 0.5) is 0 Å². The molecular weight excluding hydrogens is 252 g/mol. The Hall–Kier alpha value is -0.170. The van der Waals surface area contributed by atoms with E-state index in [1.807, 2.05) is 0 Å². The first kappa shape index (κ1) is 14.2. The molecule has 0 radical (unpaired) electrons. The van der Waals surface area contributed by atoms with Gasteiger partial charge in [0.15, 0.2) is 0 Å². The predicted molar refractivity (Wildman–Crippen MR) is 70.3 cm³/mol. The van der Waals surface area contributed by atoms with Crippen molar-refractivity contribution in [1.82, 2.24) is 9.03 Å². The zero-order chi connectivity index (χ0) is 13.0. The molecule has 1 aliphatic heterocycles. The van der Waals surface area contributed by atoms with E-state index in [1.165, 1.54) is 0 Å². The van der Waals surface area contributed by atoms with Crippen LogP contribution in [0.3, 0.4) is 0 Å². The van der Waals surface area contributed by atoms with Crippen LogP contribution in [-0.2, 0) is 10.2 Å². The van der Waals surface area contributed by atoms with Crippen molar-refractivity contribution in [2.75, 3.05) is 19.6 Å². The molecule has 2 rings (SSSR count). The van der Waals surface area contributed by atoms with Crippen LogP contribution in [-0.4, -0.2) is 43.6 Å². The third kappa shape index (κ3) is 3.91. The molecule has 1 heterocycles. The molecule has 106 valence electrons. The number of aliphatic hydroxyl groups excluding tert-OH is 1. The Balaban J connectivity index is 1.80. The summed E-state index contributed by atoms with van der Waals surface area (Å²) in [4.78, 5) is 0. The van der Waals surface area contributed by atoms with E-state index in [0.29, 0.717) is 19.6 Å². The Morgan fingerprint density at radius 2 is 1.83 bits per heavy atom. The van der Waals surface area contributed by atoms with E-state index in [2.05, 4.69) is 4.72 Å². The van der Waals surface area contributed by atoms with Crippen molar-refractivity contribution in [3.8, 4) is 0 Å². The molecule has 2 N–H and O–H groups in total. The Kier molecular flexibility index (Phi) is 5.00. The van der Waals surface area contributed by atoms with Crippen LogP contribution < -0.4 is 4.72 Å². The summed E-state index contributed by atoms with van der Waals surface area (Å²) in [5.41, 5.74) is 0. The molecule has 6 heteroatoms. The Morgan fingerprint density at radius 3 is 2.50 bits per heavy atom. The number of hydrogen-bond donors (Lipinski definition) is 2. The molecule has 0 aromatic rings. The van der Waals surface area contributed by atoms with Gasteiger partial charge in [0.1, 0.15) is 0 Å². The summed E-state index contributed by atoms with van der Waals surface area (Å²) in [6.45, 7) is 1.75. The molecule has 1 saturated carbocycles. The van der Waals surface area contributed by atoms with Crippen molar-refractivity contribution in [3.05, 3.63) is 0 Å². The maximum atomic E-state index is 12.1. The average Bonchev–Trinajstić information content (AvgIpc) is 2.38. The Morgan fingerprint density at radius 1 is 1.11 bits per heavy atom. The van der Waals surface area contributed by atoms with Crippen molar-refractivity contribution in [1.29, 1.82) is 0 Å². The van der Waals surface area contributed by atoms with E-state index in [0.717, 1.165) is 44.9 Å². The second kappa shape index (κ2) is 6.32. The maximum absolute atomic E-state index is 12.1. The smallest absolute Gasteiger partial charge is 0.279 e. The van der Waals surface area contributed by atoms with Crippen LogP contribution in [0.1, 0.15) is 44.9 Å². The minimum atomic E-state index is -3.30. The molecule has 2 atom stereocenters. The Labute approximate surface area is 110 Å². The number of piperidine rings is 1. The monoisotopic (exact) mass is 276 g/mol. The number of nitrogens with zero attached hydrogens (tertiary/aromatic N) is 1. The number of aliphatic hydroxyl groups is 1. The summed E-state index contributed by atoms with van der Waals surface area (Å²) < 4.78 is 28.4. The van der Waals surface area contributed by atoms with Gasteiger partial charge >= 0.3 is 0 Å². The largest absolute Gasteiger partial charge is 0.393 e. The molecule has 0 bridgehead atoms. The first-order chi connectivity index (χ1) is 8.58. The van der Waals surface area contributed by atoms with Gasteiger partial charge < -0.3 is 5.11 Å². The molecule has 2 aliphatic rings.